The molecule has 0 saturated heterocycles. The summed E-state index contributed by atoms with van der Waals surface area (Å²) in [6.07, 6.45) is 0. The Balaban J connectivity index is 1.97. The number of nitrogens with zero attached hydrogens (tertiary/aromatic N) is 1. The molecule has 0 saturated carbocycles. The Morgan fingerprint density at radius 2 is 1.81 bits per heavy atom. The molecule has 0 atom stereocenters. The van der Waals surface area contributed by atoms with Crippen LogP contribution in [0.1, 0.15) is 26.3 Å². The lowest BCUT2D eigenvalue weighted by molar-refractivity contribution is 0.0475. The van der Waals surface area contributed by atoms with E-state index < -0.39 is 5.97 Å². The van der Waals surface area contributed by atoms with Crippen LogP contribution in [0.4, 0.5) is 0 Å². The van der Waals surface area contributed by atoms with Gasteiger partial charge in [-0.3, -0.25) is 4.79 Å². The highest BCUT2D eigenvalue weighted by Gasteiger charge is 2.12. The topological polar surface area (TPSA) is 67.2 Å². The molecule has 0 aliphatic heterocycles. The van der Waals surface area contributed by atoms with Crippen molar-refractivity contribution in [2.75, 3.05) is 6.61 Å². The molecule has 2 rings (SSSR count). The van der Waals surface area contributed by atoms with Gasteiger partial charge in [-0.25, -0.2) is 4.79 Å². The highest BCUT2D eigenvalue weighted by atomic mass is 79.9. The van der Waals surface area contributed by atoms with E-state index >= 15 is 0 Å². The molecule has 2 aromatic carbocycles. The molecule has 4 nitrogen and oxygen atoms in total. The van der Waals surface area contributed by atoms with Gasteiger partial charge in [-0.05, 0) is 36.4 Å². The number of Topliss-reactive ketones (excluding diaryl/α,β-unsaturated/α-hetero) is 1. The lowest BCUT2D eigenvalue weighted by atomic mass is 10.1. The summed E-state index contributed by atoms with van der Waals surface area (Å²) < 4.78 is 5.76. The van der Waals surface area contributed by atoms with Gasteiger partial charge in [0.2, 0.25) is 0 Å². The highest BCUT2D eigenvalue weighted by Crippen LogP contribution is 2.12. The number of carbonyl (C=O) groups is 2. The fourth-order valence-corrected chi connectivity index (χ4v) is 2.04. The van der Waals surface area contributed by atoms with Crippen LogP contribution < -0.4 is 0 Å². The first kappa shape index (κ1) is 14.9. The van der Waals surface area contributed by atoms with E-state index in [2.05, 4.69) is 15.9 Å². The Hall–Kier alpha value is -2.45. The molecule has 104 valence electrons. The van der Waals surface area contributed by atoms with Crippen molar-refractivity contribution in [3.05, 3.63) is 69.7 Å². The van der Waals surface area contributed by atoms with Gasteiger partial charge in [0.25, 0.3) is 0 Å². The van der Waals surface area contributed by atoms with Crippen molar-refractivity contribution in [2.45, 2.75) is 0 Å². The van der Waals surface area contributed by atoms with Gasteiger partial charge in [-0.2, -0.15) is 5.26 Å². The first-order valence-electron chi connectivity index (χ1n) is 6.06. The first-order valence-corrected chi connectivity index (χ1v) is 6.85. The average Bonchev–Trinajstić information content (AvgIpc) is 2.52. The molecule has 0 spiro atoms. The summed E-state index contributed by atoms with van der Waals surface area (Å²) in [7, 11) is 0. The zero-order valence-electron chi connectivity index (χ0n) is 10.9. The highest BCUT2D eigenvalue weighted by molar-refractivity contribution is 9.10. The third kappa shape index (κ3) is 4.01. The predicted molar refractivity (Wildman–Crippen MR) is 79.9 cm³/mol. The van der Waals surface area contributed by atoms with Crippen molar-refractivity contribution in [2.24, 2.45) is 0 Å². The molecule has 0 bridgehead atoms. The van der Waals surface area contributed by atoms with Gasteiger partial charge in [0.15, 0.2) is 12.4 Å². The quantitative estimate of drug-likeness (QED) is 0.630. The van der Waals surface area contributed by atoms with Crippen molar-refractivity contribution in [3.8, 4) is 6.07 Å². The van der Waals surface area contributed by atoms with E-state index in [0.717, 1.165) is 4.47 Å². The Kier molecular flexibility index (Phi) is 4.85. The normalized spacial score (nSPS) is 9.71. The number of hydrogen-bond acceptors (Lipinski definition) is 4. The number of esters is 1. The molecule has 0 aliphatic carbocycles. The summed E-state index contributed by atoms with van der Waals surface area (Å²) in [6, 6.07) is 14.8. The summed E-state index contributed by atoms with van der Waals surface area (Å²) in [5, 5.41) is 8.68. The lowest BCUT2D eigenvalue weighted by Crippen LogP contribution is -2.14. The molecule has 0 unspecified atom stereocenters. The molecule has 0 N–H and O–H groups in total. The minimum Gasteiger partial charge on any atom is -0.454 e. The number of hydrogen-bond donors (Lipinski definition) is 0. The van der Waals surface area contributed by atoms with E-state index in [-0.39, 0.29) is 12.4 Å². The van der Waals surface area contributed by atoms with Gasteiger partial charge in [0, 0.05) is 10.0 Å². The Bertz CT molecular complexity index is 717. The minimum atomic E-state index is -0.595. The largest absolute Gasteiger partial charge is 0.454 e. The number of ketones is 1. The zero-order valence-corrected chi connectivity index (χ0v) is 12.5. The van der Waals surface area contributed by atoms with Gasteiger partial charge < -0.3 is 4.74 Å². The van der Waals surface area contributed by atoms with Gasteiger partial charge in [0.05, 0.1) is 17.2 Å². The van der Waals surface area contributed by atoms with E-state index in [1.807, 2.05) is 6.07 Å². The summed E-state index contributed by atoms with van der Waals surface area (Å²) in [6.45, 7) is -0.324. The maximum Gasteiger partial charge on any atom is 0.338 e. The number of benzene rings is 2. The van der Waals surface area contributed by atoms with Crippen molar-refractivity contribution in [3.63, 3.8) is 0 Å². The summed E-state index contributed by atoms with van der Waals surface area (Å²) in [4.78, 5) is 23.7. The maximum atomic E-state index is 11.9. The molecule has 2 aromatic rings. The van der Waals surface area contributed by atoms with Gasteiger partial charge in [0.1, 0.15) is 0 Å². The van der Waals surface area contributed by atoms with Crippen LogP contribution in [0, 0.1) is 11.3 Å². The van der Waals surface area contributed by atoms with E-state index in [1.54, 1.807) is 24.3 Å². The second-order valence-electron chi connectivity index (χ2n) is 4.20. The van der Waals surface area contributed by atoms with Crippen LogP contribution in [0.15, 0.2) is 53.0 Å². The van der Waals surface area contributed by atoms with Crippen molar-refractivity contribution >= 4 is 27.7 Å². The van der Waals surface area contributed by atoms with Crippen LogP contribution in [0.25, 0.3) is 0 Å². The van der Waals surface area contributed by atoms with Crippen molar-refractivity contribution in [1.29, 1.82) is 5.26 Å². The van der Waals surface area contributed by atoms with Crippen molar-refractivity contribution in [1.82, 2.24) is 0 Å². The van der Waals surface area contributed by atoms with Gasteiger partial charge in [-0.15, -0.1) is 0 Å². The lowest BCUT2D eigenvalue weighted by Gasteiger charge is -2.05. The van der Waals surface area contributed by atoms with E-state index in [9.17, 15) is 9.59 Å². The number of rotatable bonds is 4. The standard InChI is InChI=1S/C16H10BrNO3/c17-14-3-1-2-13(8-14)15(19)10-21-16(20)12-6-4-11(9-18)5-7-12/h1-8H,10H2. The summed E-state index contributed by atoms with van der Waals surface area (Å²) >= 11 is 3.27. The molecular formula is C16H10BrNO3. The van der Waals surface area contributed by atoms with Gasteiger partial charge in [-0.1, -0.05) is 28.1 Å². The molecular weight excluding hydrogens is 334 g/mol. The molecule has 0 heterocycles. The molecule has 5 heteroatoms. The minimum absolute atomic E-state index is 0.279. The van der Waals surface area contributed by atoms with E-state index in [1.165, 1.54) is 24.3 Å². The third-order valence-corrected chi connectivity index (χ3v) is 3.22. The predicted octanol–water partition coefficient (Wildman–Crippen LogP) is 3.36. The van der Waals surface area contributed by atoms with Gasteiger partial charge >= 0.3 is 5.97 Å². The van der Waals surface area contributed by atoms with Crippen LogP contribution in [-0.4, -0.2) is 18.4 Å². The molecule has 0 radical (unpaired) electrons. The molecule has 0 fully saturated rings. The van der Waals surface area contributed by atoms with Crippen LogP contribution in [0.5, 0.6) is 0 Å². The summed E-state index contributed by atoms with van der Waals surface area (Å²) in [5.74, 6) is -0.874. The monoisotopic (exact) mass is 343 g/mol. The number of nitriles is 1. The fourth-order valence-electron chi connectivity index (χ4n) is 1.64. The average molecular weight is 344 g/mol. The number of halogens is 1. The smallest absolute Gasteiger partial charge is 0.338 e. The second kappa shape index (κ2) is 6.82. The third-order valence-electron chi connectivity index (χ3n) is 2.73. The summed E-state index contributed by atoms with van der Waals surface area (Å²) in [5.41, 5.74) is 1.23. The zero-order chi connectivity index (χ0) is 15.2. The van der Waals surface area contributed by atoms with Crippen molar-refractivity contribution < 1.29 is 14.3 Å². The van der Waals surface area contributed by atoms with E-state index in [4.69, 9.17) is 10.00 Å². The fraction of sp³-hybridized carbons (Fsp3) is 0.0625. The Labute approximate surface area is 130 Å². The molecule has 0 aliphatic rings. The first-order chi connectivity index (χ1) is 10.1. The molecule has 21 heavy (non-hydrogen) atoms. The van der Waals surface area contributed by atoms with Crippen LogP contribution in [0.2, 0.25) is 0 Å². The molecule has 0 aromatic heterocycles. The second-order valence-corrected chi connectivity index (χ2v) is 5.11. The van der Waals surface area contributed by atoms with Crippen LogP contribution >= 0.6 is 15.9 Å². The van der Waals surface area contributed by atoms with Crippen LogP contribution in [-0.2, 0) is 4.74 Å². The number of ether oxygens (including phenoxy) is 1. The molecule has 0 amide bonds. The SMILES string of the molecule is N#Cc1ccc(C(=O)OCC(=O)c2cccc(Br)c2)cc1. The van der Waals surface area contributed by atoms with E-state index in [0.29, 0.717) is 16.7 Å². The number of carbonyl (C=O) groups excluding carboxylic acids is 2. The Morgan fingerprint density at radius 3 is 2.43 bits per heavy atom. The Morgan fingerprint density at radius 1 is 1.10 bits per heavy atom. The maximum absolute atomic E-state index is 11.9. The van der Waals surface area contributed by atoms with Crippen LogP contribution in [0.3, 0.4) is 0 Å².